The quantitative estimate of drug-likeness (QED) is 0.186. The fourth-order valence-electron chi connectivity index (χ4n) is 7.83. The van der Waals surface area contributed by atoms with Gasteiger partial charge in [0, 0.05) is 42.2 Å². The number of anilines is 3. The van der Waals surface area contributed by atoms with Gasteiger partial charge in [0.25, 0.3) is 0 Å². The summed E-state index contributed by atoms with van der Waals surface area (Å²) >= 11 is 1.80. The maximum absolute atomic E-state index is 5.38. The van der Waals surface area contributed by atoms with Crippen LogP contribution in [-0.2, 0) is 0 Å². The molecule has 52 heavy (non-hydrogen) atoms. The highest BCUT2D eigenvalue weighted by atomic mass is 32.1. The molecule has 11 rings (SSSR count). The zero-order valence-electron chi connectivity index (χ0n) is 27.9. The van der Waals surface area contributed by atoms with E-state index in [4.69, 9.17) is 15.0 Å². The Bertz CT molecular complexity index is 3030. The van der Waals surface area contributed by atoms with Crippen molar-refractivity contribution in [1.82, 2.24) is 15.0 Å². The Morgan fingerprint density at radius 3 is 1.94 bits per heavy atom. The molecule has 1 aliphatic rings. The van der Waals surface area contributed by atoms with Crippen molar-refractivity contribution in [2.45, 2.75) is 0 Å². The summed E-state index contributed by atoms with van der Waals surface area (Å²) in [6.07, 6.45) is 0. The molecule has 0 unspecified atom stereocenters. The van der Waals surface area contributed by atoms with Gasteiger partial charge < -0.3 is 0 Å². The normalized spacial score (nSPS) is 12.2. The molecule has 10 aromatic rings. The number of benzene rings is 8. The van der Waals surface area contributed by atoms with Gasteiger partial charge in [0.2, 0.25) is 5.95 Å². The second-order valence-corrected chi connectivity index (χ2v) is 14.3. The minimum Gasteiger partial charge on any atom is -0.278 e. The van der Waals surface area contributed by atoms with Crippen molar-refractivity contribution in [2.24, 2.45) is 0 Å². The van der Waals surface area contributed by atoms with Crippen molar-refractivity contribution in [1.29, 1.82) is 0 Å². The van der Waals surface area contributed by atoms with E-state index < -0.39 is 0 Å². The van der Waals surface area contributed by atoms with E-state index in [0.717, 1.165) is 44.6 Å². The van der Waals surface area contributed by atoms with Gasteiger partial charge in [0.05, 0.1) is 11.4 Å². The first-order chi connectivity index (χ1) is 25.8. The third-order valence-electron chi connectivity index (χ3n) is 10.2. The van der Waals surface area contributed by atoms with Crippen molar-refractivity contribution in [3.63, 3.8) is 0 Å². The summed E-state index contributed by atoms with van der Waals surface area (Å²) in [6, 6.07) is 60.3. The molecular weight excluding hydrogens is 653 g/mol. The number of hydrogen-bond donors (Lipinski definition) is 0. The molecule has 0 bridgehead atoms. The Hall–Kier alpha value is -6.69. The lowest BCUT2D eigenvalue weighted by Gasteiger charge is -2.32. The van der Waals surface area contributed by atoms with E-state index >= 15 is 0 Å². The van der Waals surface area contributed by atoms with Gasteiger partial charge in [-0.3, -0.25) is 4.90 Å². The molecule has 0 radical (unpaired) electrons. The van der Waals surface area contributed by atoms with Crippen LogP contribution in [0.25, 0.3) is 86.7 Å². The molecular formula is C47H28N4S. The van der Waals surface area contributed by atoms with E-state index in [-0.39, 0.29) is 0 Å². The van der Waals surface area contributed by atoms with E-state index in [1.54, 1.807) is 11.3 Å². The molecule has 0 aliphatic carbocycles. The van der Waals surface area contributed by atoms with Crippen molar-refractivity contribution in [3.8, 4) is 45.0 Å². The molecule has 0 spiro atoms. The Morgan fingerprint density at radius 2 is 1.06 bits per heavy atom. The monoisotopic (exact) mass is 680 g/mol. The SMILES string of the molecule is c1ccc(-c2ccccc2-c2nc(-c3ccc4c(c3)sc3ccccc34)nc(N3c4cc5ccccc5cc4-c4cccc5cccc3c45)n2)cc1. The molecule has 0 saturated carbocycles. The average Bonchev–Trinajstić information content (AvgIpc) is 3.59. The molecule has 0 fully saturated rings. The zero-order chi connectivity index (χ0) is 34.2. The van der Waals surface area contributed by atoms with Crippen molar-refractivity contribution in [2.75, 3.05) is 4.90 Å². The van der Waals surface area contributed by atoms with Crippen LogP contribution in [0, 0.1) is 0 Å². The Labute approximate surface area is 303 Å². The van der Waals surface area contributed by atoms with Crippen LogP contribution in [0.2, 0.25) is 0 Å². The van der Waals surface area contributed by atoms with Crippen LogP contribution >= 0.6 is 11.3 Å². The number of aromatic nitrogens is 3. The fraction of sp³-hybridized carbons (Fsp3) is 0. The zero-order valence-corrected chi connectivity index (χ0v) is 28.7. The number of nitrogens with zero attached hydrogens (tertiary/aromatic N) is 4. The highest BCUT2D eigenvalue weighted by molar-refractivity contribution is 7.25. The number of thiophene rings is 1. The number of rotatable bonds is 4. The van der Waals surface area contributed by atoms with Gasteiger partial charge in [0.1, 0.15) is 0 Å². The van der Waals surface area contributed by atoms with Gasteiger partial charge in [0.15, 0.2) is 11.6 Å². The minimum atomic E-state index is 0.581. The van der Waals surface area contributed by atoms with Gasteiger partial charge in [-0.25, -0.2) is 4.98 Å². The second-order valence-electron chi connectivity index (χ2n) is 13.2. The minimum absolute atomic E-state index is 0.581. The summed E-state index contributed by atoms with van der Waals surface area (Å²) in [5, 5.41) is 7.24. The Morgan fingerprint density at radius 1 is 0.385 bits per heavy atom. The molecule has 4 nitrogen and oxygen atoms in total. The number of fused-ring (bicyclic) bond motifs is 6. The molecule has 0 atom stereocenters. The Balaban J connectivity index is 1.21. The van der Waals surface area contributed by atoms with Crippen LogP contribution in [0.1, 0.15) is 0 Å². The first-order valence-electron chi connectivity index (χ1n) is 17.4. The molecule has 0 N–H and O–H groups in total. The Kier molecular flexibility index (Phi) is 6.39. The van der Waals surface area contributed by atoms with Crippen molar-refractivity contribution < 1.29 is 0 Å². The third kappa shape index (κ3) is 4.50. The van der Waals surface area contributed by atoms with E-state index in [0.29, 0.717) is 17.6 Å². The predicted molar refractivity (Wildman–Crippen MR) is 218 cm³/mol. The van der Waals surface area contributed by atoms with E-state index in [2.05, 4.69) is 169 Å². The summed E-state index contributed by atoms with van der Waals surface area (Å²) in [7, 11) is 0. The van der Waals surface area contributed by atoms with Crippen LogP contribution in [0.4, 0.5) is 17.3 Å². The maximum Gasteiger partial charge on any atom is 0.238 e. The molecule has 1 aliphatic heterocycles. The number of hydrogen-bond acceptors (Lipinski definition) is 5. The standard InChI is InChI=1S/C47H28N4S/c1-2-12-29(13-3-1)34-18-6-7-20-38(34)46-48-45(33-24-25-36-35-19-8-9-23-42(35)52-43(36)28-33)49-47(50-46)51-40-22-11-17-30-16-10-21-37(44(30)40)39-26-31-14-4-5-15-32(31)27-41(39)51/h1-28H. The molecule has 8 aromatic carbocycles. The van der Waals surface area contributed by atoms with Crippen LogP contribution in [0.3, 0.4) is 0 Å². The smallest absolute Gasteiger partial charge is 0.238 e. The van der Waals surface area contributed by atoms with Crippen LogP contribution in [-0.4, -0.2) is 15.0 Å². The molecule has 242 valence electrons. The second kappa shape index (κ2) is 11.4. The summed E-state index contributed by atoms with van der Waals surface area (Å²) < 4.78 is 2.48. The van der Waals surface area contributed by atoms with Crippen LogP contribution < -0.4 is 4.90 Å². The molecule has 0 amide bonds. The van der Waals surface area contributed by atoms with E-state index in [1.165, 1.54) is 41.9 Å². The van der Waals surface area contributed by atoms with Gasteiger partial charge in [-0.2, -0.15) is 9.97 Å². The lowest BCUT2D eigenvalue weighted by Crippen LogP contribution is -2.19. The lowest BCUT2D eigenvalue weighted by atomic mass is 9.90. The first-order valence-corrected chi connectivity index (χ1v) is 18.3. The lowest BCUT2D eigenvalue weighted by molar-refractivity contribution is 1.02. The van der Waals surface area contributed by atoms with Crippen molar-refractivity contribution in [3.05, 3.63) is 170 Å². The highest BCUT2D eigenvalue weighted by Gasteiger charge is 2.29. The molecule has 0 saturated heterocycles. The third-order valence-corrected chi connectivity index (χ3v) is 11.4. The topological polar surface area (TPSA) is 41.9 Å². The van der Waals surface area contributed by atoms with E-state index in [9.17, 15) is 0 Å². The van der Waals surface area contributed by atoms with Crippen molar-refractivity contribution >= 4 is 70.4 Å². The summed E-state index contributed by atoms with van der Waals surface area (Å²) in [5.41, 5.74) is 8.56. The van der Waals surface area contributed by atoms with Gasteiger partial charge in [-0.15, -0.1) is 11.3 Å². The largest absolute Gasteiger partial charge is 0.278 e. The van der Waals surface area contributed by atoms with Gasteiger partial charge in [-0.05, 0) is 63.2 Å². The van der Waals surface area contributed by atoms with Gasteiger partial charge in [-0.1, -0.05) is 140 Å². The molecule has 5 heteroatoms. The summed E-state index contributed by atoms with van der Waals surface area (Å²) in [6.45, 7) is 0. The van der Waals surface area contributed by atoms with Crippen LogP contribution in [0.5, 0.6) is 0 Å². The fourth-order valence-corrected chi connectivity index (χ4v) is 8.98. The van der Waals surface area contributed by atoms with Crippen LogP contribution in [0.15, 0.2) is 170 Å². The maximum atomic E-state index is 5.38. The van der Waals surface area contributed by atoms with E-state index in [1.807, 2.05) is 6.07 Å². The summed E-state index contributed by atoms with van der Waals surface area (Å²) in [4.78, 5) is 18.3. The average molecular weight is 681 g/mol. The predicted octanol–water partition coefficient (Wildman–Crippen LogP) is 13.0. The van der Waals surface area contributed by atoms with Gasteiger partial charge >= 0.3 is 0 Å². The molecule has 2 aromatic heterocycles. The molecule has 3 heterocycles. The first kappa shape index (κ1) is 29.1. The highest BCUT2D eigenvalue weighted by Crippen LogP contribution is 2.51. The summed E-state index contributed by atoms with van der Waals surface area (Å²) in [5.74, 6) is 1.85.